The van der Waals surface area contributed by atoms with Crippen LogP contribution < -0.4 is 0 Å². The molecule has 0 saturated heterocycles. The van der Waals surface area contributed by atoms with Crippen LogP contribution >= 0.6 is 11.3 Å². The topological polar surface area (TPSA) is 69.6 Å². The summed E-state index contributed by atoms with van der Waals surface area (Å²) in [6, 6.07) is 9.82. The van der Waals surface area contributed by atoms with Crippen LogP contribution in [0.4, 0.5) is 0 Å². The average Bonchev–Trinajstić information content (AvgIpc) is 3.27. The smallest absolute Gasteiger partial charge is 0.276 e. The van der Waals surface area contributed by atoms with Gasteiger partial charge in [-0.1, -0.05) is 23.4 Å². The molecule has 0 aliphatic heterocycles. The third-order valence-corrected chi connectivity index (χ3v) is 4.28. The summed E-state index contributed by atoms with van der Waals surface area (Å²) in [5.41, 5.74) is 3.68. The maximum absolute atomic E-state index is 5.36. The van der Waals surface area contributed by atoms with Crippen LogP contribution in [0.1, 0.15) is 5.01 Å². The van der Waals surface area contributed by atoms with E-state index in [0.29, 0.717) is 11.7 Å². The molecule has 0 spiro atoms. The minimum atomic E-state index is 0.454. The molecule has 0 amide bonds. The minimum Gasteiger partial charge on any atom is -0.332 e. The Kier molecular flexibility index (Phi) is 3.27. The van der Waals surface area contributed by atoms with Crippen molar-refractivity contribution in [3.63, 3.8) is 0 Å². The van der Waals surface area contributed by atoms with Crippen molar-refractivity contribution in [2.45, 2.75) is 6.92 Å². The zero-order valence-corrected chi connectivity index (χ0v) is 13.4. The lowest BCUT2D eigenvalue weighted by atomic mass is 10.1. The van der Waals surface area contributed by atoms with Gasteiger partial charge in [-0.25, -0.2) is 4.98 Å². The molecule has 0 radical (unpaired) electrons. The highest BCUT2D eigenvalue weighted by Gasteiger charge is 2.14. The number of rotatable bonds is 3. The summed E-state index contributed by atoms with van der Waals surface area (Å²) >= 11 is 1.63. The lowest BCUT2D eigenvalue weighted by Gasteiger charge is -1.99. The lowest BCUT2D eigenvalue weighted by Crippen LogP contribution is -1.93. The molecule has 0 bridgehead atoms. The molecule has 0 aliphatic rings. The fourth-order valence-corrected chi connectivity index (χ4v) is 2.96. The maximum Gasteiger partial charge on any atom is 0.276 e. The van der Waals surface area contributed by atoms with Crippen molar-refractivity contribution in [1.82, 2.24) is 24.9 Å². The lowest BCUT2D eigenvalue weighted by molar-refractivity contribution is 0.428. The molecule has 114 valence electrons. The van der Waals surface area contributed by atoms with Crippen LogP contribution in [0, 0.1) is 6.92 Å². The summed E-state index contributed by atoms with van der Waals surface area (Å²) in [7, 11) is 1.84. The van der Waals surface area contributed by atoms with Crippen molar-refractivity contribution in [1.29, 1.82) is 0 Å². The zero-order chi connectivity index (χ0) is 15.8. The number of aryl methyl sites for hydroxylation is 2. The predicted octanol–water partition coefficient (Wildman–Crippen LogP) is 3.57. The molecule has 1 aromatic carbocycles. The van der Waals surface area contributed by atoms with E-state index in [1.54, 1.807) is 22.2 Å². The Morgan fingerprint density at radius 3 is 2.74 bits per heavy atom. The van der Waals surface area contributed by atoms with E-state index in [2.05, 4.69) is 20.2 Å². The third-order valence-electron chi connectivity index (χ3n) is 3.50. The van der Waals surface area contributed by atoms with Gasteiger partial charge in [0.25, 0.3) is 5.89 Å². The fourth-order valence-electron chi connectivity index (χ4n) is 2.34. The van der Waals surface area contributed by atoms with Gasteiger partial charge in [0.15, 0.2) is 0 Å². The molecule has 6 nitrogen and oxygen atoms in total. The second-order valence-corrected chi connectivity index (χ2v) is 6.16. The Balaban J connectivity index is 1.72. The molecular weight excluding hydrogens is 310 g/mol. The Labute approximate surface area is 136 Å². The molecule has 3 aromatic heterocycles. The average molecular weight is 323 g/mol. The largest absolute Gasteiger partial charge is 0.332 e. The van der Waals surface area contributed by atoms with Crippen LogP contribution in [0.3, 0.4) is 0 Å². The van der Waals surface area contributed by atoms with Crippen molar-refractivity contribution in [3.8, 4) is 34.2 Å². The van der Waals surface area contributed by atoms with E-state index in [1.807, 2.05) is 49.7 Å². The molecule has 4 rings (SSSR count). The van der Waals surface area contributed by atoms with Gasteiger partial charge in [-0.05, 0) is 19.1 Å². The summed E-state index contributed by atoms with van der Waals surface area (Å²) < 4.78 is 7.06. The molecule has 0 unspecified atom stereocenters. The van der Waals surface area contributed by atoms with Gasteiger partial charge in [-0.3, -0.25) is 4.68 Å². The Morgan fingerprint density at radius 2 is 2.00 bits per heavy atom. The molecule has 4 aromatic rings. The zero-order valence-electron chi connectivity index (χ0n) is 12.6. The van der Waals surface area contributed by atoms with Crippen molar-refractivity contribution in [2.24, 2.45) is 7.05 Å². The monoisotopic (exact) mass is 323 g/mol. The Hall–Kier alpha value is -2.80. The highest BCUT2D eigenvalue weighted by molar-refractivity contribution is 7.09. The van der Waals surface area contributed by atoms with Crippen LogP contribution in [-0.2, 0) is 7.05 Å². The molecule has 3 heterocycles. The van der Waals surface area contributed by atoms with Gasteiger partial charge in [-0.2, -0.15) is 10.1 Å². The molecule has 0 atom stereocenters. The number of hydrogen-bond donors (Lipinski definition) is 0. The number of benzene rings is 1. The van der Waals surface area contributed by atoms with E-state index < -0.39 is 0 Å². The molecular formula is C16H13N5OS. The van der Waals surface area contributed by atoms with Crippen LogP contribution in [-0.4, -0.2) is 24.9 Å². The van der Waals surface area contributed by atoms with E-state index in [1.165, 1.54) is 0 Å². The van der Waals surface area contributed by atoms with E-state index >= 15 is 0 Å². The van der Waals surface area contributed by atoms with Crippen LogP contribution in [0.2, 0.25) is 0 Å². The van der Waals surface area contributed by atoms with Gasteiger partial charge in [-0.15, -0.1) is 11.3 Å². The van der Waals surface area contributed by atoms with Crippen molar-refractivity contribution >= 4 is 11.3 Å². The SMILES string of the molecule is Cc1nc(-c2cccc(-c3noc(-c4ccnn4C)n3)c2)cs1. The molecule has 0 N–H and O–H groups in total. The fraction of sp³-hybridized carbons (Fsp3) is 0.125. The number of thiazole rings is 1. The van der Waals surface area contributed by atoms with Crippen LogP contribution in [0.15, 0.2) is 46.4 Å². The van der Waals surface area contributed by atoms with Gasteiger partial charge < -0.3 is 4.52 Å². The number of nitrogens with zero attached hydrogens (tertiary/aromatic N) is 5. The second-order valence-electron chi connectivity index (χ2n) is 5.10. The number of aromatic nitrogens is 5. The van der Waals surface area contributed by atoms with Crippen molar-refractivity contribution in [2.75, 3.05) is 0 Å². The van der Waals surface area contributed by atoms with E-state index in [9.17, 15) is 0 Å². The highest BCUT2D eigenvalue weighted by Crippen LogP contribution is 2.27. The number of hydrogen-bond acceptors (Lipinski definition) is 6. The van der Waals surface area contributed by atoms with E-state index in [4.69, 9.17) is 4.52 Å². The first kappa shape index (κ1) is 13.8. The second kappa shape index (κ2) is 5.44. The van der Waals surface area contributed by atoms with E-state index in [0.717, 1.165) is 27.5 Å². The molecule has 23 heavy (non-hydrogen) atoms. The summed E-state index contributed by atoms with van der Waals surface area (Å²) in [6.45, 7) is 2.00. The molecule has 0 saturated carbocycles. The summed E-state index contributed by atoms with van der Waals surface area (Å²) in [5, 5.41) is 11.3. The minimum absolute atomic E-state index is 0.454. The third kappa shape index (κ3) is 2.55. The summed E-state index contributed by atoms with van der Waals surface area (Å²) in [5.74, 6) is 1.00. The van der Waals surface area contributed by atoms with Gasteiger partial charge >= 0.3 is 0 Å². The molecule has 0 fully saturated rings. The highest BCUT2D eigenvalue weighted by atomic mass is 32.1. The molecule has 0 aliphatic carbocycles. The molecule has 7 heteroatoms. The van der Waals surface area contributed by atoms with Crippen LogP contribution in [0.25, 0.3) is 34.2 Å². The van der Waals surface area contributed by atoms with Crippen LogP contribution in [0.5, 0.6) is 0 Å². The van der Waals surface area contributed by atoms with Crippen molar-refractivity contribution < 1.29 is 4.52 Å². The quantitative estimate of drug-likeness (QED) is 0.576. The van der Waals surface area contributed by atoms with Gasteiger partial charge in [0, 0.05) is 29.8 Å². The van der Waals surface area contributed by atoms with Gasteiger partial charge in [0.05, 0.1) is 10.7 Å². The summed E-state index contributed by atoms with van der Waals surface area (Å²) in [4.78, 5) is 8.98. The van der Waals surface area contributed by atoms with Gasteiger partial charge in [0.1, 0.15) is 5.69 Å². The Bertz CT molecular complexity index is 968. The predicted molar refractivity (Wildman–Crippen MR) is 87.8 cm³/mol. The maximum atomic E-state index is 5.36. The standard InChI is InChI=1S/C16H13N5OS/c1-10-18-13(9-23-10)11-4-3-5-12(8-11)15-19-16(22-20-15)14-6-7-17-21(14)2/h3-9H,1-2H3. The van der Waals surface area contributed by atoms with E-state index in [-0.39, 0.29) is 0 Å². The first-order valence-electron chi connectivity index (χ1n) is 7.06. The van der Waals surface area contributed by atoms with Crippen molar-refractivity contribution in [3.05, 3.63) is 46.9 Å². The normalized spacial score (nSPS) is 11.0. The van der Waals surface area contributed by atoms with Gasteiger partial charge in [0.2, 0.25) is 5.82 Å². The Morgan fingerprint density at radius 1 is 1.13 bits per heavy atom. The summed E-state index contributed by atoms with van der Waals surface area (Å²) in [6.07, 6.45) is 1.70. The first-order valence-corrected chi connectivity index (χ1v) is 7.94. The first-order chi connectivity index (χ1) is 11.2.